The second kappa shape index (κ2) is 7.65. The Hall–Kier alpha value is -2.80. The monoisotopic (exact) mass is 383 g/mol. The Morgan fingerprint density at radius 1 is 1.08 bits per heavy atom. The summed E-state index contributed by atoms with van der Waals surface area (Å²) in [4.78, 5) is 24.3. The van der Waals surface area contributed by atoms with Crippen LogP contribution in [0.2, 0.25) is 0 Å². The van der Waals surface area contributed by atoms with Crippen molar-refractivity contribution < 1.29 is 4.79 Å². The molecule has 3 aromatic rings. The number of nitrogens with zero attached hydrogens (tertiary/aromatic N) is 3. The third kappa shape index (κ3) is 4.36. The Labute approximate surface area is 147 Å². The molecule has 6 nitrogen and oxygen atoms in total. The van der Waals surface area contributed by atoms with Crippen molar-refractivity contribution in [1.29, 1.82) is 0 Å². The van der Waals surface area contributed by atoms with Gasteiger partial charge in [0.1, 0.15) is 17.8 Å². The van der Waals surface area contributed by atoms with Crippen molar-refractivity contribution in [2.45, 2.75) is 6.54 Å². The van der Waals surface area contributed by atoms with Crippen LogP contribution in [0.1, 0.15) is 16.1 Å². The summed E-state index contributed by atoms with van der Waals surface area (Å²) in [7, 11) is 0. The molecule has 0 saturated carbocycles. The summed E-state index contributed by atoms with van der Waals surface area (Å²) < 4.78 is 0.955. The van der Waals surface area contributed by atoms with E-state index in [2.05, 4.69) is 41.5 Å². The van der Waals surface area contributed by atoms with Gasteiger partial charge in [0.05, 0.1) is 0 Å². The fraction of sp³-hybridized carbons (Fsp3) is 0.0588. The van der Waals surface area contributed by atoms with E-state index in [1.54, 1.807) is 18.5 Å². The van der Waals surface area contributed by atoms with Crippen molar-refractivity contribution >= 4 is 33.3 Å². The van der Waals surface area contributed by atoms with Gasteiger partial charge in [0.15, 0.2) is 0 Å². The van der Waals surface area contributed by atoms with Gasteiger partial charge in [-0.15, -0.1) is 0 Å². The highest BCUT2D eigenvalue weighted by atomic mass is 79.9. The lowest BCUT2D eigenvalue weighted by Gasteiger charge is -2.08. The molecule has 0 spiro atoms. The minimum Gasteiger partial charge on any atom is -0.347 e. The zero-order chi connectivity index (χ0) is 16.8. The maximum atomic E-state index is 12.2. The molecule has 2 N–H and O–H groups in total. The molecule has 2 heterocycles. The van der Waals surface area contributed by atoms with E-state index in [9.17, 15) is 4.79 Å². The lowest BCUT2D eigenvalue weighted by molar-refractivity contribution is 0.0946. The average molecular weight is 384 g/mol. The van der Waals surface area contributed by atoms with Crippen LogP contribution in [0.4, 0.5) is 11.5 Å². The fourth-order valence-electron chi connectivity index (χ4n) is 2.04. The summed E-state index contributed by atoms with van der Waals surface area (Å²) in [6.07, 6.45) is 4.74. The van der Waals surface area contributed by atoms with Crippen LogP contribution >= 0.6 is 15.9 Å². The molecular formula is C17H14BrN5O. The standard InChI is InChI=1S/C17H14BrN5O/c18-13-2-1-3-14(8-13)23-16-9-15(21-11-22-16)17(24)20-10-12-4-6-19-7-5-12/h1-9,11H,10H2,(H,20,24)(H,21,22,23). The number of amides is 1. The number of hydrogen-bond acceptors (Lipinski definition) is 5. The molecule has 0 unspecified atom stereocenters. The number of carbonyl (C=O) groups is 1. The third-order valence-corrected chi connectivity index (χ3v) is 3.69. The van der Waals surface area contributed by atoms with E-state index >= 15 is 0 Å². The average Bonchev–Trinajstić information content (AvgIpc) is 2.61. The largest absolute Gasteiger partial charge is 0.347 e. The molecule has 0 radical (unpaired) electrons. The van der Waals surface area contributed by atoms with E-state index in [0.29, 0.717) is 18.1 Å². The van der Waals surface area contributed by atoms with Crippen molar-refractivity contribution in [1.82, 2.24) is 20.3 Å². The predicted molar refractivity (Wildman–Crippen MR) is 94.9 cm³/mol. The summed E-state index contributed by atoms with van der Waals surface area (Å²) in [5.74, 6) is 0.295. The first-order valence-corrected chi connectivity index (χ1v) is 8.02. The number of nitrogens with one attached hydrogen (secondary N) is 2. The van der Waals surface area contributed by atoms with Crippen LogP contribution in [0.15, 0.2) is 65.7 Å². The normalized spacial score (nSPS) is 10.2. The first-order chi connectivity index (χ1) is 11.7. The van der Waals surface area contributed by atoms with Crippen molar-refractivity contribution in [3.05, 3.63) is 76.9 Å². The summed E-state index contributed by atoms with van der Waals surface area (Å²) in [6.45, 7) is 0.416. The van der Waals surface area contributed by atoms with Gasteiger partial charge < -0.3 is 10.6 Å². The van der Waals surface area contributed by atoms with E-state index < -0.39 is 0 Å². The summed E-state index contributed by atoms with van der Waals surface area (Å²) in [5.41, 5.74) is 2.14. The zero-order valence-electron chi connectivity index (χ0n) is 12.6. The number of rotatable bonds is 5. The van der Waals surface area contributed by atoms with Crippen LogP contribution in [0, 0.1) is 0 Å². The second-order valence-electron chi connectivity index (χ2n) is 4.96. The number of aromatic nitrogens is 3. The van der Waals surface area contributed by atoms with E-state index in [1.807, 2.05) is 36.4 Å². The second-order valence-corrected chi connectivity index (χ2v) is 5.88. The zero-order valence-corrected chi connectivity index (χ0v) is 14.2. The number of pyridine rings is 1. The molecule has 3 rings (SSSR count). The first kappa shape index (κ1) is 16.1. The van der Waals surface area contributed by atoms with Crippen LogP contribution in [0.25, 0.3) is 0 Å². The van der Waals surface area contributed by atoms with Gasteiger partial charge in [-0.2, -0.15) is 0 Å². The van der Waals surface area contributed by atoms with Gasteiger partial charge in [0.2, 0.25) is 0 Å². The van der Waals surface area contributed by atoms with Gasteiger partial charge in [0, 0.05) is 35.2 Å². The van der Waals surface area contributed by atoms with Gasteiger partial charge in [-0.05, 0) is 35.9 Å². The first-order valence-electron chi connectivity index (χ1n) is 7.22. The maximum absolute atomic E-state index is 12.2. The molecular weight excluding hydrogens is 370 g/mol. The number of benzene rings is 1. The minimum atomic E-state index is -0.258. The van der Waals surface area contributed by atoms with Crippen molar-refractivity contribution in [3.63, 3.8) is 0 Å². The number of anilines is 2. The molecule has 7 heteroatoms. The smallest absolute Gasteiger partial charge is 0.270 e. The van der Waals surface area contributed by atoms with Gasteiger partial charge in [0.25, 0.3) is 5.91 Å². The van der Waals surface area contributed by atoms with Crippen LogP contribution in [-0.4, -0.2) is 20.9 Å². The predicted octanol–water partition coefficient (Wildman–Crippen LogP) is 3.31. The highest BCUT2D eigenvalue weighted by Gasteiger charge is 2.09. The minimum absolute atomic E-state index is 0.258. The van der Waals surface area contributed by atoms with Gasteiger partial charge in [-0.1, -0.05) is 22.0 Å². The Kier molecular flexibility index (Phi) is 5.12. The lowest BCUT2D eigenvalue weighted by Crippen LogP contribution is -2.24. The summed E-state index contributed by atoms with van der Waals surface area (Å²) >= 11 is 3.41. The summed E-state index contributed by atoms with van der Waals surface area (Å²) in [5, 5.41) is 5.97. The highest BCUT2D eigenvalue weighted by molar-refractivity contribution is 9.10. The van der Waals surface area contributed by atoms with E-state index in [0.717, 1.165) is 15.7 Å². The van der Waals surface area contributed by atoms with Crippen molar-refractivity contribution in [2.75, 3.05) is 5.32 Å². The molecule has 0 atom stereocenters. The van der Waals surface area contributed by atoms with Crippen molar-refractivity contribution in [2.24, 2.45) is 0 Å². The molecule has 0 saturated heterocycles. The van der Waals surface area contributed by atoms with Gasteiger partial charge >= 0.3 is 0 Å². The van der Waals surface area contributed by atoms with E-state index in [4.69, 9.17) is 0 Å². The van der Waals surface area contributed by atoms with E-state index in [1.165, 1.54) is 6.33 Å². The summed E-state index contributed by atoms with van der Waals surface area (Å²) in [6, 6.07) is 13.0. The molecule has 0 aliphatic carbocycles. The molecule has 24 heavy (non-hydrogen) atoms. The molecule has 2 aromatic heterocycles. The Bertz CT molecular complexity index is 841. The fourth-order valence-corrected chi connectivity index (χ4v) is 2.44. The molecule has 1 amide bonds. The lowest BCUT2D eigenvalue weighted by atomic mass is 10.2. The SMILES string of the molecule is O=C(NCc1ccncc1)c1cc(Nc2cccc(Br)c2)ncn1. The Balaban J connectivity index is 1.67. The maximum Gasteiger partial charge on any atom is 0.270 e. The topological polar surface area (TPSA) is 79.8 Å². The molecule has 0 fully saturated rings. The molecule has 0 bridgehead atoms. The van der Waals surface area contributed by atoms with Gasteiger partial charge in [-0.3, -0.25) is 9.78 Å². The highest BCUT2D eigenvalue weighted by Crippen LogP contribution is 2.19. The Morgan fingerprint density at radius 3 is 2.71 bits per heavy atom. The van der Waals surface area contributed by atoms with Crippen LogP contribution in [0.3, 0.4) is 0 Å². The third-order valence-electron chi connectivity index (χ3n) is 3.20. The van der Waals surface area contributed by atoms with Crippen LogP contribution in [0.5, 0.6) is 0 Å². The van der Waals surface area contributed by atoms with Crippen LogP contribution in [-0.2, 0) is 6.54 Å². The quantitative estimate of drug-likeness (QED) is 0.706. The molecule has 120 valence electrons. The Morgan fingerprint density at radius 2 is 1.92 bits per heavy atom. The van der Waals surface area contributed by atoms with E-state index in [-0.39, 0.29) is 5.91 Å². The number of hydrogen-bond donors (Lipinski definition) is 2. The van der Waals surface area contributed by atoms with Crippen LogP contribution < -0.4 is 10.6 Å². The number of carbonyl (C=O) groups excluding carboxylic acids is 1. The van der Waals surface area contributed by atoms with Gasteiger partial charge in [-0.25, -0.2) is 9.97 Å². The molecule has 0 aliphatic heterocycles. The molecule has 0 aliphatic rings. The molecule has 1 aromatic carbocycles. The van der Waals surface area contributed by atoms with Crippen molar-refractivity contribution in [3.8, 4) is 0 Å². The number of halogens is 1.